The van der Waals surface area contributed by atoms with Gasteiger partial charge in [-0.25, -0.2) is 0 Å². The predicted octanol–water partition coefficient (Wildman–Crippen LogP) is 2.85. The highest BCUT2D eigenvalue weighted by molar-refractivity contribution is 6.33. The first-order valence-corrected chi connectivity index (χ1v) is 4.55. The molecule has 0 fully saturated rings. The van der Waals surface area contributed by atoms with E-state index in [1.54, 1.807) is 0 Å². The van der Waals surface area contributed by atoms with E-state index in [9.17, 15) is 5.11 Å². The Hall–Kier alpha value is -0.440. The van der Waals surface area contributed by atoms with Crippen molar-refractivity contribution in [1.82, 2.24) is 0 Å². The average Bonchev–Trinajstić information content (AvgIpc) is 2.13. The first-order valence-electron chi connectivity index (χ1n) is 4.17. The van der Waals surface area contributed by atoms with Gasteiger partial charge in [0, 0.05) is 12.1 Å². The van der Waals surface area contributed by atoms with Crippen LogP contribution in [0.25, 0.3) is 0 Å². The van der Waals surface area contributed by atoms with E-state index in [-0.39, 0.29) is 18.2 Å². The molecular formula is C10H15Cl2NO. The molecule has 0 spiro atoms. The molecule has 0 unspecified atom stereocenters. The van der Waals surface area contributed by atoms with Gasteiger partial charge in [0.1, 0.15) is 5.75 Å². The quantitative estimate of drug-likeness (QED) is 0.787. The zero-order valence-electron chi connectivity index (χ0n) is 8.52. The molecule has 0 amide bonds. The SMILES string of the molecule is Cc1c(C)c(Cl)c(O)c(CN)c1C.Cl. The number of rotatable bonds is 1. The van der Waals surface area contributed by atoms with Gasteiger partial charge in [-0.15, -0.1) is 12.4 Å². The number of aromatic hydroxyl groups is 1. The predicted molar refractivity (Wildman–Crippen MR) is 62.5 cm³/mol. The first-order chi connectivity index (χ1) is 6.00. The van der Waals surface area contributed by atoms with Gasteiger partial charge in [0.2, 0.25) is 0 Å². The molecule has 1 rings (SSSR count). The van der Waals surface area contributed by atoms with Crippen molar-refractivity contribution in [2.45, 2.75) is 27.3 Å². The number of phenols is 1. The number of halogens is 2. The highest BCUT2D eigenvalue weighted by Gasteiger charge is 2.13. The van der Waals surface area contributed by atoms with Crippen LogP contribution < -0.4 is 5.73 Å². The van der Waals surface area contributed by atoms with Gasteiger partial charge in [0.15, 0.2) is 0 Å². The summed E-state index contributed by atoms with van der Waals surface area (Å²) >= 11 is 5.93. The van der Waals surface area contributed by atoms with Gasteiger partial charge >= 0.3 is 0 Å². The minimum atomic E-state index is 0. The van der Waals surface area contributed by atoms with E-state index in [2.05, 4.69) is 0 Å². The summed E-state index contributed by atoms with van der Waals surface area (Å²) in [5, 5.41) is 10.1. The number of phenolic OH excluding ortho intramolecular Hbond substituents is 1. The summed E-state index contributed by atoms with van der Waals surface area (Å²) in [5.41, 5.74) is 9.32. The molecular weight excluding hydrogens is 221 g/mol. The maximum absolute atomic E-state index is 9.67. The lowest BCUT2D eigenvalue weighted by molar-refractivity contribution is 0.467. The van der Waals surface area contributed by atoms with Crippen LogP contribution in [0, 0.1) is 20.8 Å². The standard InChI is InChI=1S/C10H14ClNO.ClH/c1-5-6(2)8(4-12)10(13)9(11)7(5)3;/h13H,4,12H2,1-3H3;1H. The zero-order valence-corrected chi connectivity index (χ0v) is 10.1. The van der Waals surface area contributed by atoms with Crippen LogP contribution in [-0.2, 0) is 6.54 Å². The molecule has 4 heteroatoms. The third-order valence-corrected chi connectivity index (χ3v) is 3.07. The summed E-state index contributed by atoms with van der Waals surface area (Å²) in [5.74, 6) is 0.129. The minimum absolute atomic E-state index is 0. The molecule has 3 N–H and O–H groups in total. The van der Waals surface area contributed by atoms with Crippen molar-refractivity contribution in [1.29, 1.82) is 0 Å². The van der Waals surface area contributed by atoms with Crippen molar-refractivity contribution in [3.63, 3.8) is 0 Å². The Bertz CT molecular complexity index is 321. The molecule has 0 aliphatic heterocycles. The van der Waals surface area contributed by atoms with E-state index in [1.165, 1.54) is 0 Å². The molecule has 1 aromatic carbocycles. The largest absolute Gasteiger partial charge is 0.506 e. The third-order valence-electron chi connectivity index (χ3n) is 2.60. The molecule has 0 atom stereocenters. The lowest BCUT2D eigenvalue weighted by Gasteiger charge is -2.14. The van der Waals surface area contributed by atoms with Crippen LogP contribution in [0.2, 0.25) is 5.02 Å². The van der Waals surface area contributed by atoms with E-state index in [4.69, 9.17) is 17.3 Å². The van der Waals surface area contributed by atoms with Crippen molar-refractivity contribution in [2.75, 3.05) is 0 Å². The van der Waals surface area contributed by atoms with Gasteiger partial charge in [0.25, 0.3) is 0 Å². The summed E-state index contributed by atoms with van der Waals surface area (Å²) in [6.45, 7) is 6.14. The molecule has 0 aromatic heterocycles. The third kappa shape index (κ3) is 1.97. The Morgan fingerprint density at radius 2 is 1.64 bits per heavy atom. The maximum Gasteiger partial charge on any atom is 0.139 e. The Labute approximate surface area is 95.5 Å². The van der Waals surface area contributed by atoms with E-state index >= 15 is 0 Å². The molecule has 80 valence electrons. The summed E-state index contributed by atoms with van der Waals surface area (Å²) < 4.78 is 0. The van der Waals surface area contributed by atoms with Crippen molar-refractivity contribution < 1.29 is 5.11 Å². The van der Waals surface area contributed by atoms with Crippen LogP contribution in [-0.4, -0.2) is 5.11 Å². The summed E-state index contributed by atoms with van der Waals surface area (Å²) in [4.78, 5) is 0. The molecule has 0 bridgehead atoms. The highest BCUT2D eigenvalue weighted by Crippen LogP contribution is 2.35. The molecule has 0 aliphatic carbocycles. The lowest BCUT2D eigenvalue weighted by Crippen LogP contribution is -2.03. The van der Waals surface area contributed by atoms with Crippen LogP contribution in [0.3, 0.4) is 0 Å². The van der Waals surface area contributed by atoms with E-state index in [0.717, 1.165) is 22.3 Å². The summed E-state index contributed by atoms with van der Waals surface area (Å²) in [6, 6.07) is 0. The Kier molecular flexibility index (Phi) is 4.72. The zero-order chi connectivity index (χ0) is 10.2. The molecule has 0 saturated carbocycles. The normalized spacial score (nSPS) is 9.79. The number of hydrogen-bond acceptors (Lipinski definition) is 2. The molecule has 0 aliphatic rings. The van der Waals surface area contributed by atoms with Crippen molar-refractivity contribution in [3.8, 4) is 5.75 Å². The number of hydrogen-bond donors (Lipinski definition) is 2. The molecule has 0 radical (unpaired) electrons. The molecule has 0 saturated heterocycles. The van der Waals surface area contributed by atoms with Crippen LogP contribution in [0.15, 0.2) is 0 Å². The fourth-order valence-corrected chi connectivity index (χ4v) is 1.67. The van der Waals surface area contributed by atoms with Crippen LogP contribution in [0.1, 0.15) is 22.3 Å². The fraction of sp³-hybridized carbons (Fsp3) is 0.400. The molecule has 14 heavy (non-hydrogen) atoms. The van der Waals surface area contributed by atoms with Gasteiger partial charge in [0.05, 0.1) is 5.02 Å². The topological polar surface area (TPSA) is 46.2 Å². The maximum atomic E-state index is 9.67. The smallest absolute Gasteiger partial charge is 0.139 e. The monoisotopic (exact) mass is 235 g/mol. The van der Waals surface area contributed by atoms with Crippen LogP contribution >= 0.6 is 24.0 Å². The molecule has 0 heterocycles. The van der Waals surface area contributed by atoms with Gasteiger partial charge in [-0.05, 0) is 37.5 Å². The van der Waals surface area contributed by atoms with E-state index in [0.29, 0.717) is 11.6 Å². The van der Waals surface area contributed by atoms with Gasteiger partial charge in [-0.2, -0.15) is 0 Å². The Balaban J connectivity index is 0.00000169. The number of benzene rings is 1. The minimum Gasteiger partial charge on any atom is -0.506 e. The van der Waals surface area contributed by atoms with Gasteiger partial charge in [-0.1, -0.05) is 11.6 Å². The van der Waals surface area contributed by atoms with Crippen molar-refractivity contribution in [3.05, 3.63) is 27.3 Å². The fourth-order valence-electron chi connectivity index (χ4n) is 1.41. The Morgan fingerprint density at radius 1 is 1.14 bits per heavy atom. The molecule has 1 aromatic rings. The number of nitrogens with two attached hydrogens (primary N) is 1. The van der Waals surface area contributed by atoms with E-state index in [1.807, 2.05) is 20.8 Å². The second-order valence-electron chi connectivity index (χ2n) is 3.22. The lowest BCUT2D eigenvalue weighted by atomic mass is 9.98. The molecule has 2 nitrogen and oxygen atoms in total. The Morgan fingerprint density at radius 3 is 2.07 bits per heavy atom. The first kappa shape index (κ1) is 13.6. The summed E-state index contributed by atoms with van der Waals surface area (Å²) in [6.07, 6.45) is 0. The van der Waals surface area contributed by atoms with Crippen LogP contribution in [0.5, 0.6) is 5.75 Å². The summed E-state index contributed by atoms with van der Waals surface area (Å²) in [7, 11) is 0. The van der Waals surface area contributed by atoms with Crippen molar-refractivity contribution in [2.24, 2.45) is 5.73 Å². The van der Waals surface area contributed by atoms with Crippen LogP contribution in [0.4, 0.5) is 0 Å². The van der Waals surface area contributed by atoms with Crippen molar-refractivity contribution >= 4 is 24.0 Å². The second-order valence-corrected chi connectivity index (χ2v) is 3.60. The average molecular weight is 236 g/mol. The second kappa shape index (κ2) is 4.87. The highest BCUT2D eigenvalue weighted by atomic mass is 35.5. The van der Waals surface area contributed by atoms with Gasteiger partial charge < -0.3 is 10.8 Å². The van der Waals surface area contributed by atoms with Gasteiger partial charge in [-0.3, -0.25) is 0 Å². The van der Waals surface area contributed by atoms with E-state index < -0.39 is 0 Å².